The zero-order valence-electron chi connectivity index (χ0n) is 7.41. The zero-order valence-corrected chi connectivity index (χ0v) is 7.41. The highest BCUT2D eigenvalue weighted by molar-refractivity contribution is 5.48. The molecule has 0 N–H and O–H groups in total. The minimum Gasteiger partial charge on any atom is -0.361 e. The highest BCUT2D eigenvalue weighted by atomic mass is 15.1. The van der Waals surface area contributed by atoms with Gasteiger partial charge in [0.1, 0.15) is 6.54 Å². The highest BCUT2D eigenvalue weighted by Gasteiger charge is 1.97. The minimum absolute atomic E-state index is 0.434. The predicted molar refractivity (Wildman–Crippen MR) is 50.1 cm³/mol. The van der Waals surface area contributed by atoms with Crippen molar-refractivity contribution in [3.63, 3.8) is 0 Å². The molecule has 0 heterocycles. The van der Waals surface area contributed by atoms with Crippen LogP contribution in [0.15, 0.2) is 24.3 Å². The van der Waals surface area contributed by atoms with Crippen LogP contribution < -0.4 is 4.90 Å². The summed E-state index contributed by atoms with van der Waals surface area (Å²) in [5.41, 5.74) is 2.31. The summed E-state index contributed by atoms with van der Waals surface area (Å²) in [6, 6.07) is 10.2. The van der Waals surface area contributed by atoms with Gasteiger partial charge in [0, 0.05) is 12.7 Å². The number of aryl methyl sites for hydroxylation is 1. The minimum atomic E-state index is 0.434. The molecule has 12 heavy (non-hydrogen) atoms. The van der Waals surface area contributed by atoms with E-state index in [9.17, 15) is 0 Å². The maximum Gasteiger partial charge on any atom is 0.105 e. The molecule has 0 atom stereocenters. The fourth-order valence-electron chi connectivity index (χ4n) is 1.06. The van der Waals surface area contributed by atoms with E-state index in [2.05, 4.69) is 12.1 Å². The van der Waals surface area contributed by atoms with Gasteiger partial charge < -0.3 is 4.90 Å². The first-order chi connectivity index (χ1) is 5.74. The Morgan fingerprint density at radius 2 is 2.25 bits per heavy atom. The molecule has 62 valence electrons. The molecular weight excluding hydrogens is 148 g/mol. The van der Waals surface area contributed by atoms with Gasteiger partial charge in [0.15, 0.2) is 0 Å². The maximum atomic E-state index is 8.48. The second kappa shape index (κ2) is 3.77. The van der Waals surface area contributed by atoms with Crippen LogP contribution in [0.5, 0.6) is 0 Å². The van der Waals surface area contributed by atoms with Crippen molar-refractivity contribution in [2.24, 2.45) is 0 Å². The number of nitrogens with zero attached hydrogens (tertiary/aromatic N) is 2. The van der Waals surface area contributed by atoms with Crippen molar-refractivity contribution in [2.75, 3.05) is 18.5 Å². The quantitative estimate of drug-likeness (QED) is 0.618. The van der Waals surface area contributed by atoms with Crippen LogP contribution in [0, 0.1) is 18.3 Å². The molecule has 0 spiro atoms. The molecule has 1 aromatic carbocycles. The SMILES string of the molecule is Cc1cccc(N(C)CC#N)c1. The van der Waals surface area contributed by atoms with Crippen LogP contribution in [0.2, 0.25) is 0 Å². The third-order valence-corrected chi connectivity index (χ3v) is 1.75. The first-order valence-electron chi connectivity index (χ1n) is 3.89. The normalized spacial score (nSPS) is 9.08. The van der Waals surface area contributed by atoms with Crippen LogP contribution in [0.4, 0.5) is 5.69 Å². The number of benzene rings is 1. The van der Waals surface area contributed by atoms with Gasteiger partial charge in [0.25, 0.3) is 0 Å². The molecule has 0 unspecified atom stereocenters. The first-order valence-corrected chi connectivity index (χ1v) is 3.89. The molecule has 0 aliphatic carbocycles. The van der Waals surface area contributed by atoms with Gasteiger partial charge in [-0.05, 0) is 24.6 Å². The lowest BCUT2D eigenvalue weighted by Crippen LogP contribution is -2.16. The monoisotopic (exact) mass is 160 g/mol. The van der Waals surface area contributed by atoms with Gasteiger partial charge in [-0.2, -0.15) is 5.26 Å². The number of hydrogen-bond donors (Lipinski definition) is 0. The van der Waals surface area contributed by atoms with E-state index in [1.165, 1.54) is 5.56 Å². The van der Waals surface area contributed by atoms with Crippen molar-refractivity contribution in [1.82, 2.24) is 0 Å². The van der Waals surface area contributed by atoms with Gasteiger partial charge in [0.05, 0.1) is 6.07 Å². The van der Waals surface area contributed by atoms with Crippen molar-refractivity contribution in [2.45, 2.75) is 6.92 Å². The van der Waals surface area contributed by atoms with E-state index in [1.807, 2.05) is 37.1 Å². The topological polar surface area (TPSA) is 27.0 Å². The number of hydrogen-bond acceptors (Lipinski definition) is 2. The molecule has 1 aromatic rings. The Kier molecular flexibility index (Phi) is 2.71. The van der Waals surface area contributed by atoms with E-state index in [-0.39, 0.29) is 0 Å². The summed E-state index contributed by atoms with van der Waals surface area (Å²) >= 11 is 0. The standard InChI is InChI=1S/C10H12N2/c1-9-4-3-5-10(8-9)12(2)7-6-11/h3-5,8H,7H2,1-2H3. The van der Waals surface area contributed by atoms with Crippen LogP contribution in [0.25, 0.3) is 0 Å². The van der Waals surface area contributed by atoms with Crippen molar-refractivity contribution in [3.05, 3.63) is 29.8 Å². The molecule has 2 heteroatoms. The largest absolute Gasteiger partial charge is 0.361 e. The lowest BCUT2D eigenvalue weighted by molar-refractivity contribution is 1.03. The van der Waals surface area contributed by atoms with Gasteiger partial charge in [-0.25, -0.2) is 0 Å². The molecule has 1 rings (SSSR count). The predicted octanol–water partition coefficient (Wildman–Crippen LogP) is 1.95. The highest BCUT2D eigenvalue weighted by Crippen LogP contribution is 2.13. The molecule has 0 amide bonds. The summed E-state index contributed by atoms with van der Waals surface area (Å²) in [4.78, 5) is 1.92. The lowest BCUT2D eigenvalue weighted by atomic mass is 10.2. The molecule has 0 aliphatic rings. The van der Waals surface area contributed by atoms with Gasteiger partial charge in [-0.3, -0.25) is 0 Å². The second-order valence-electron chi connectivity index (χ2n) is 2.85. The van der Waals surface area contributed by atoms with Gasteiger partial charge >= 0.3 is 0 Å². The fraction of sp³-hybridized carbons (Fsp3) is 0.300. The van der Waals surface area contributed by atoms with Crippen molar-refractivity contribution >= 4 is 5.69 Å². The van der Waals surface area contributed by atoms with Crippen molar-refractivity contribution < 1.29 is 0 Å². The Labute approximate surface area is 73.0 Å². The Hall–Kier alpha value is -1.49. The molecule has 0 radical (unpaired) electrons. The average Bonchev–Trinajstić information content (AvgIpc) is 2.05. The molecule has 0 bridgehead atoms. The summed E-state index contributed by atoms with van der Waals surface area (Å²) in [6.07, 6.45) is 0. The Bertz CT molecular complexity index is 299. The molecule has 0 fully saturated rings. The zero-order chi connectivity index (χ0) is 8.97. The third kappa shape index (κ3) is 2.00. The lowest BCUT2D eigenvalue weighted by Gasteiger charge is -2.15. The summed E-state index contributed by atoms with van der Waals surface area (Å²) in [5, 5.41) is 8.48. The Balaban J connectivity index is 2.82. The Morgan fingerprint density at radius 1 is 1.50 bits per heavy atom. The molecule has 0 aliphatic heterocycles. The van der Waals surface area contributed by atoms with E-state index in [4.69, 9.17) is 5.26 Å². The second-order valence-corrected chi connectivity index (χ2v) is 2.85. The van der Waals surface area contributed by atoms with Crippen LogP contribution in [-0.4, -0.2) is 13.6 Å². The van der Waals surface area contributed by atoms with E-state index >= 15 is 0 Å². The van der Waals surface area contributed by atoms with Gasteiger partial charge in [-0.15, -0.1) is 0 Å². The first kappa shape index (κ1) is 8.61. The molecule has 0 saturated carbocycles. The van der Waals surface area contributed by atoms with Crippen LogP contribution in [0.3, 0.4) is 0 Å². The van der Waals surface area contributed by atoms with E-state index in [1.54, 1.807) is 0 Å². The average molecular weight is 160 g/mol. The maximum absolute atomic E-state index is 8.48. The number of rotatable bonds is 2. The number of nitriles is 1. The third-order valence-electron chi connectivity index (χ3n) is 1.75. The van der Waals surface area contributed by atoms with E-state index < -0.39 is 0 Å². The summed E-state index contributed by atoms with van der Waals surface area (Å²) < 4.78 is 0. The Morgan fingerprint density at radius 3 is 2.83 bits per heavy atom. The summed E-state index contributed by atoms with van der Waals surface area (Å²) in [6.45, 7) is 2.48. The van der Waals surface area contributed by atoms with Crippen LogP contribution >= 0.6 is 0 Å². The van der Waals surface area contributed by atoms with Crippen LogP contribution in [-0.2, 0) is 0 Å². The molecular formula is C10H12N2. The van der Waals surface area contributed by atoms with Gasteiger partial charge in [-0.1, -0.05) is 12.1 Å². The van der Waals surface area contributed by atoms with E-state index in [0.717, 1.165) is 5.69 Å². The molecule has 2 nitrogen and oxygen atoms in total. The van der Waals surface area contributed by atoms with E-state index in [0.29, 0.717) is 6.54 Å². The van der Waals surface area contributed by atoms with Crippen molar-refractivity contribution in [3.8, 4) is 6.07 Å². The fourth-order valence-corrected chi connectivity index (χ4v) is 1.06. The number of anilines is 1. The summed E-state index contributed by atoms with van der Waals surface area (Å²) in [5.74, 6) is 0. The van der Waals surface area contributed by atoms with Crippen LogP contribution in [0.1, 0.15) is 5.56 Å². The van der Waals surface area contributed by atoms with Gasteiger partial charge in [0.2, 0.25) is 0 Å². The van der Waals surface area contributed by atoms with Crippen molar-refractivity contribution in [1.29, 1.82) is 5.26 Å². The summed E-state index contributed by atoms with van der Waals surface area (Å²) in [7, 11) is 1.91. The smallest absolute Gasteiger partial charge is 0.105 e. The molecule has 0 aromatic heterocycles. The molecule has 0 saturated heterocycles.